The number of nitrogens with zero attached hydrogens (tertiary/aromatic N) is 2. The molecule has 0 radical (unpaired) electrons. The molecule has 154 valence electrons. The molecule has 28 heavy (non-hydrogen) atoms. The van der Waals surface area contributed by atoms with Crippen LogP contribution in [-0.4, -0.2) is 62.9 Å². The van der Waals surface area contributed by atoms with Gasteiger partial charge < -0.3 is 20.9 Å². The van der Waals surface area contributed by atoms with Crippen LogP contribution in [0.4, 0.5) is 0 Å². The highest BCUT2D eigenvalue weighted by atomic mass is 16.2. The average molecular weight is 388 g/mol. The quantitative estimate of drug-likeness (QED) is 0.501. The Morgan fingerprint density at radius 3 is 2.54 bits per heavy atom. The first kappa shape index (κ1) is 21.7. The lowest BCUT2D eigenvalue weighted by Crippen LogP contribution is -2.50. The topological polar surface area (TPSA) is 85.8 Å². The summed E-state index contributed by atoms with van der Waals surface area (Å²) in [6.07, 6.45) is 2.93. The Morgan fingerprint density at radius 1 is 1.21 bits per heavy atom. The molecule has 0 bridgehead atoms. The van der Waals surface area contributed by atoms with Crippen LogP contribution >= 0.6 is 0 Å². The van der Waals surface area contributed by atoms with Gasteiger partial charge in [0.05, 0.1) is 5.41 Å². The molecular weight excluding hydrogens is 354 g/mol. The second-order valence-electron chi connectivity index (χ2n) is 8.12. The summed E-state index contributed by atoms with van der Waals surface area (Å²) in [5.41, 5.74) is 2.15. The predicted molar refractivity (Wildman–Crippen MR) is 112 cm³/mol. The van der Waals surface area contributed by atoms with Crippen LogP contribution < -0.4 is 16.0 Å². The lowest BCUT2D eigenvalue weighted by Gasteiger charge is -2.29. The third-order valence-corrected chi connectivity index (χ3v) is 5.10. The Bertz CT molecular complexity index is 727. The van der Waals surface area contributed by atoms with E-state index >= 15 is 0 Å². The van der Waals surface area contributed by atoms with Crippen molar-refractivity contribution in [3.63, 3.8) is 0 Å². The molecule has 7 nitrogen and oxygen atoms in total. The zero-order valence-corrected chi connectivity index (χ0v) is 17.6. The van der Waals surface area contributed by atoms with Crippen LogP contribution in [0.25, 0.3) is 0 Å². The Labute approximate surface area is 168 Å². The maximum Gasteiger partial charge on any atom is 0.243 e. The van der Waals surface area contributed by atoms with Crippen molar-refractivity contribution in [3.05, 3.63) is 35.4 Å². The van der Waals surface area contributed by atoms with Crippen molar-refractivity contribution in [2.75, 3.05) is 34.2 Å². The van der Waals surface area contributed by atoms with Gasteiger partial charge in [-0.3, -0.25) is 9.59 Å². The van der Waals surface area contributed by atoms with Gasteiger partial charge in [0.25, 0.3) is 0 Å². The van der Waals surface area contributed by atoms with Gasteiger partial charge in [-0.05, 0) is 44.2 Å². The molecule has 0 fully saturated rings. The summed E-state index contributed by atoms with van der Waals surface area (Å²) >= 11 is 0. The van der Waals surface area contributed by atoms with Crippen molar-refractivity contribution in [1.82, 2.24) is 20.9 Å². The molecule has 1 aliphatic carbocycles. The van der Waals surface area contributed by atoms with Crippen LogP contribution in [0.15, 0.2) is 29.3 Å². The number of amides is 2. The zero-order valence-electron chi connectivity index (χ0n) is 17.6. The number of benzene rings is 1. The molecule has 0 aromatic heterocycles. The molecule has 2 rings (SSSR count). The Hall–Kier alpha value is -2.57. The molecule has 1 aliphatic rings. The van der Waals surface area contributed by atoms with E-state index in [0.717, 1.165) is 19.3 Å². The third kappa shape index (κ3) is 5.97. The second kappa shape index (κ2) is 9.57. The van der Waals surface area contributed by atoms with Gasteiger partial charge in [0.15, 0.2) is 5.96 Å². The van der Waals surface area contributed by atoms with E-state index in [1.54, 1.807) is 21.1 Å². The van der Waals surface area contributed by atoms with Gasteiger partial charge in [-0.25, -0.2) is 4.99 Å². The number of hydrogen-bond acceptors (Lipinski definition) is 3. The fourth-order valence-corrected chi connectivity index (χ4v) is 3.18. The minimum absolute atomic E-state index is 0.0460. The smallest absolute Gasteiger partial charge is 0.243 e. The predicted octanol–water partition coefficient (Wildman–Crippen LogP) is 0.940. The Morgan fingerprint density at radius 2 is 1.89 bits per heavy atom. The lowest BCUT2D eigenvalue weighted by molar-refractivity contribution is -0.128. The van der Waals surface area contributed by atoms with Gasteiger partial charge in [0.1, 0.15) is 6.54 Å². The number of carbonyl (C=O) groups is 2. The van der Waals surface area contributed by atoms with Gasteiger partial charge in [-0.15, -0.1) is 0 Å². The van der Waals surface area contributed by atoms with Crippen molar-refractivity contribution < 1.29 is 9.59 Å². The van der Waals surface area contributed by atoms with Gasteiger partial charge >= 0.3 is 0 Å². The molecule has 0 saturated carbocycles. The van der Waals surface area contributed by atoms with E-state index in [0.29, 0.717) is 12.5 Å². The largest absolute Gasteiger partial charge is 0.359 e. The number of rotatable bonds is 6. The molecule has 1 atom stereocenters. The van der Waals surface area contributed by atoms with E-state index < -0.39 is 5.41 Å². The number of aryl methyl sites for hydroxylation is 1. The summed E-state index contributed by atoms with van der Waals surface area (Å²) in [4.78, 5) is 30.0. The molecule has 1 aromatic carbocycles. The molecule has 0 saturated heterocycles. The summed E-state index contributed by atoms with van der Waals surface area (Å²) in [6.45, 7) is 4.22. The minimum atomic E-state index is -0.595. The van der Waals surface area contributed by atoms with Crippen molar-refractivity contribution in [1.29, 1.82) is 0 Å². The summed E-state index contributed by atoms with van der Waals surface area (Å²) in [6, 6.07) is 8.72. The molecule has 0 aliphatic heterocycles. The fourth-order valence-electron chi connectivity index (χ4n) is 3.18. The molecule has 3 N–H and O–H groups in total. The number of guanidine groups is 1. The number of hydrogen-bond donors (Lipinski definition) is 3. The lowest BCUT2D eigenvalue weighted by atomic mass is 9.88. The van der Waals surface area contributed by atoms with Crippen molar-refractivity contribution in [3.8, 4) is 0 Å². The summed E-state index contributed by atoms with van der Waals surface area (Å²) < 4.78 is 0. The van der Waals surface area contributed by atoms with Gasteiger partial charge in [0.2, 0.25) is 11.8 Å². The molecular formula is C21H33N5O2. The Kier molecular flexibility index (Phi) is 7.43. The van der Waals surface area contributed by atoms with E-state index in [1.165, 1.54) is 16.0 Å². The van der Waals surface area contributed by atoms with Crippen molar-refractivity contribution >= 4 is 17.8 Å². The highest BCUT2D eigenvalue weighted by molar-refractivity contribution is 5.86. The SMILES string of the molecule is CNC(=O)C(C)(C)CNC(=NCC(=O)N(C)C)NC1CCc2ccccc2C1. The maximum absolute atomic E-state index is 12.1. The number of fused-ring (bicyclic) bond motifs is 1. The Balaban J connectivity index is 2.07. The van der Waals surface area contributed by atoms with Crippen LogP contribution in [-0.2, 0) is 22.4 Å². The molecule has 2 amide bonds. The van der Waals surface area contributed by atoms with E-state index in [2.05, 4.69) is 45.2 Å². The highest BCUT2D eigenvalue weighted by Gasteiger charge is 2.27. The van der Waals surface area contributed by atoms with Gasteiger partial charge in [0, 0.05) is 33.7 Å². The van der Waals surface area contributed by atoms with E-state index in [-0.39, 0.29) is 24.4 Å². The highest BCUT2D eigenvalue weighted by Crippen LogP contribution is 2.21. The standard InChI is InChI=1S/C21H33N5O2/c1-21(2,19(28)22-3)14-24-20(23-13-18(27)26(4)5)25-17-11-10-15-8-6-7-9-16(15)12-17/h6-9,17H,10-14H2,1-5H3,(H,22,28)(H2,23,24,25). The van der Waals surface area contributed by atoms with E-state index in [4.69, 9.17) is 0 Å². The summed E-state index contributed by atoms with van der Waals surface area (Å²) in [7, 11) is 5.06. The monoisotopic (exact) mass is 387 g/mol. The first-order valence-electron chi connectivity index (χ1n) is 9.77. The van der Waals surface area contributed by atoms with E-state index in [9.17, 15) is 9.59 Å². The number of aliphatic imine (C=N–C) groups is 1. The first-order chi connectivity index (χ1) is 13.2. The second-order valence-corrected chi connectivity index (χ2v) is 8.12. The van der Waals surface area contributed by atoms with Crippen LogP contribution in [0.1, 0.15) is 31.4 Å². The summed E-state index contributed by atoms with van der Waals surface area (Å²) in [5, 5.41) is 9.39. The van der Waals surface area contributed by atoms with Gasteiger partial charge in [-0.1, -0.05) is 24.3 Å². The third-order valence-electron chi connectivity index (χ3n) is 5.10. The van der Waals surface area contributed by atoms with Gasteiger partial charge in [-0.2, -0.15) is 0 Å². The fraction of sp³-hybridized carbons (Fsp3) is 0.571. The molecule has 7 heteroatoms. The van der Waals surface area contributed by atoms with Crippen LogP contribution in [0, 0.1) is 5.41 Å². The molecule has 0 heterocycles. The number of carbonyl (C=O) groups excluding carboxylic acids is 2. The van der Waals surface area contributed by atoms with Crippen molar-refractivity contribution in [2.45, 2.75) is 39.2 Å². The zero-order chi connectivity index (χ0) is 20.7. The summed E-state index contributed by atoms with van der Waals surface area (Å²) in [5.74, 6) is 0.451. The average Bonchev–Trinajstić information content (AvgIpc) is 2.68. The number of nitrogens with one attached hydrogen (secondary N) is 3. The van der Waals surface area contributed by atoms with Crippen LogP contribution in [0.3, 0.4) is 0 Å². The normalized spacial score (nSPS) is 16.8. The van der Waals surface area contributed by atoms with E-state index in [1.807, 2.05) is 13.8 Å². The minimum Gasteiger partial charge on any atom is -0.359 e. The molecule has 0 spiro atoms. The first-order valence-corrected chi connectivity index (χ1v) is 9.77. The maximum atomic E-state index is 12.1. The molecule has 1 aromatic rings. The number of likely N-dealkylation sites (N-methyl/N-ethyl adjacent to an activating group) is 1. The van der Waals surface area contributed by atoms with Crippen LogP contribution in [0.2, 0.25) is 0 Å². The van der Waals surface area contributed by atoms with Crippen LogP contribution in [0.5, 0.6) is 0 Å². The van der Waals surface area contributed by atoms with Crippen molar-refractivity contribution in [2.24, 2.45) is 10.4 Å². The molecule has 1 unspecified atom stereocenters.